The Hall–Kier alpha value is -4.80. The number of carbonyl (C=O) groups excluding carboxylic acids is 3. The fourth-order valence-electron chi connectivity index (χ4n) is 4.85. The van der Waals surface area contributed by atoms with E-state index < -0.39 is 0 Å². The second-order valence-corrected chi connectivity index (χ2v) is 9.93. The van der Waals surface area contributed by atoms with Gasteiger partial charge in [-0.3, -0.25) is 4.79 Å². The molecular formula is C34H33N3O3. The Bertz CT molecular complexity index is 1600. The Balaban J connectivity index is 0.00000118. The molecule has 0 bridgehead atoms. The zero-order valence-electron chi connectivity index (χ0n) is 22.9. The van der Waals surface area contributed by atoms with Gasteiger partial charge in [0.05, 0.1) is 17.1 Å². The molecule has 1 amide bonds. The molecule has 1 aliphatic rings. The Labute approximate surface area is 234 Å². The number of rotatable bonds is 9. The first-order valence-electron chi connectivity index (χ1n) is 13.3. The van der Waals surface area contributed by atoms with Crippen LogP contribution in [0, 0.1) is 6.92 Å². The van der Waals surface area contributed by atoms with Crippen molar-refractivity contribution in [2.24, 2.45) is 0 Å². The monoisotopic (exact) mass is 531 g/mol. The number of fused-ring (bicyclic) bond motifs is 1. The normalized spacial score (nSPS) is 13.5. The van der Waals surface area contributed by atoms with Crippen LogP contribution >= 0.6 is 0 Å². The van der Waals surface area contributed by atoms with Crippen molar-refractivity contribution in [1.82, 2.24) is 14.9 Å². The number of hydrogen-bond donors (Lipinski definition) is 1. The lowest BCUT2D eigenvalue weighted by Gasteiger charge is -2.15. The maximum absolute atomic E-state index is 13.1. The molecule has 6 nitrogen and oxygen atoms in total. The van der Waals surface area contributed by atoms with Crippen molar-refractivity contribution < 1.29 is 14.4 Å². The summed E-state index contributed by atoms with van der Waals surface area (Å²) in [6, 6.07) is 22.8. The molecule has 1 atom stereocenters. The van der Waals surface area contributed by atoms with Crippen LogP contribution < -0.4 is 5.32 Å². The van der Waals surface area contributed by atoms with Crippen LogP contribution in [0.1, 0.15) is 70.2 Å². The van der Waals surface area contributed by atoms with E-state index in [-0.39, 0.29) is 18.1 Å². The molecule has 0 aliphatic heterocycles. The SMILES string of the molecule is C=C/C=C(\C=C)c1ccc(Cn2c(C)nc3cc(C(=O)N[C@@H](C)c4cccc(C5CC5)c4)ccc32)cc1.O=C=O. The van der Waals surface area contributed by atoms with Gasteiger partial charge < -0.3 is 9.88 Å². The van der Waals surface area contributed by atoms with E-state index in [1.54, 1.807) is 6.08 Å². The maximum atomic E-state index is 13.1. The molecular weight excluding hydrogens is 498 g/mol. The molecule has 202 valence electrons. The third kappa shape index (κ3) is 6.60. The van der Waals surface area contributed by atoms with Crippen LogP contribution in [0.5, 0.6) is 0 Å². The van der Waals surface area contributed by atoms with Gasteiger partial charge in [0.1, 0.15) is 5.82 Å². The van der Waals surface area contributed by atoms with Crippen molar-refractivity contribution in [1.29, 1.82) is 0 Å². The summed E-state index contributed by atoms with van der Waals surface area (Å²) in [5.41, 5.74) is 8.32. The average Bonchev–Trinajstić information content (AvgIpc) is 3.77. The lowest BCUT2D eigenvalue weighted by atomic mass is 10.0. The van der Waals surface area contributed by atoms with Gasteiger partial charge in [0.2, 0.25) is 0 Å². The van der Waals surface area contributed by atoms with E-state index in [1.807, 2.05) is 44.2 Å². The Kier molecular flexibility index (Phi) is 9.05. The summed E-state index contributed by atoms with van der Waals surface area (Å²) in [6.07, 6.45) is 8.35. The van der Waals surface area contributed by atoms with Crippen molar-refractivity contribution in [2.45, 2.75) is 45.2 Å². The van der Waals surface area contributed by atoms with E-state index >= 15 is 0 Å². The predicted molar refractivity (Wildman–Crippen MR) is 158 cm³/mol. The average molecular weight is 532 g/mol. The molecule has 1 aliphatic carbocycles. The molecule has 3 aromatic carbocycles. The minimum Gasteiger partial charge on any atom is -0.346 e. The standard InChI is InChI=1S/C33H33N3O.CO2/c1-5-8-25(6-2)26-13-11-24(12-14-26)21-36-23(4)35-31-20-30(17-18-32(31)36)33(37)34-22(3)28-9-7-10-29(19-28)27-15-16-27;2-1-3/h5-14,17-20,22,27H,1-2,15-16,21H2,3-4H3,(H,34,37);/b25-8+;/t22-;/m0./s1. The van der Waals surface area contributed by atoms with Crippen molar-refractivity contribution in [3.63, 3.8) is 0 Å². The summed E-state index contributed by atoms with van der Waals surface area (Å²) in [4.78, 5) is 34.1. The highest BCUT2D eigenvalue weighted by atomic mass is 16.2. The van der Waals surface area contributed by atoms with Crippen LogP contribution in [-0.2, 0) is 16.1 Å². The summed E-state index contributed by atoms with van der Waals surface area (Å²) in [5, 5.41) is 3.16. The molecule has 1 aromatic heterocycles. The second kappa shape index (κ2) is 12.8. The van der Waals surface area contributed by atoms with Crippen molar-refractivity contribution in [3.8, 4) is 0 Å². The molecule has 1 N–H and O–H groups in total. The van der Waals surface area contributed by atoms with Crippen molar-refractivity contribution >= 4 is 28.7 Å². The van der Waals surface area contributed by atoms with E-state index in [0.717, 1.165) is 33.6 Å². The number of amides is 1. The highest BCUT2D eigenvalue weighted by Crippen LogP contribution is 2.40. The van der Waals surface area contributed by atoms with Crippen molar-refractivity contribution in [2.75, 3.05) is 0 Å². The number of allylic oxidation sites excluding steroid dienone is 4. The first-order chi connectivity index (χ1) is 19.4. The van der Waals surface area contributed by atoms with Gasteiger partial charge in [-0.05, 0) is 78.6 Å². The Morgan fingerprint density at radius 3 is 2.42 bits per heavy atom. The third-order valence-corrected chi connectivity index (χ3v) is 7.15. The van der Waals surface area contributed by atoms with Crippen LogP contribution in [-0.4, -0.2) is 21.6 Å². The number of hydrogen-bond acceptors (Lipinski definition) is 4. The first kappa shape index (κ1) is 28.2. The molecule has 1 heterocycles. The molecule has 0 saturated heterocycles. The van der Waals surface area contributed by atoms with Crippen LogP contribution in [0.2, 0.25) is 0 Å². The number of imidazole rings is 1. The number of nitrogens with zero attached hydrogens (tertiary/aromatic N) is 2. The zero-order valence-corrected chi connectivity index (χ0v) is 22.9. The Morgan fingerprint density at radius 2 is 1.77 bits per heavy atom. The summed E-state index contributed by atoms with van der Waals surface area (Å²) in [6.45, 7) is 12.4. The molecule has 4 aromatic rings. The largest absolute Gasteiger partial charge is 0.373 e. The summed E-state index contributed by atoms with van der Waals surface area (Å²) >= 11 is 0. The van der Waals surface area contributed by atoms with Crippen molar-refractivity contribution in [3.05, 3.63) is 132 Å². The van der Waals surface area contributed by atoms with Gasteiger partial charge in [-0.1, -0.05) is 79.9 Å². The predicted octanol–water partition coefficient (Wildman–Crippen LogP) is 6.93. The smallest absolute Gasteiger partial charge is 0.346 e. The highest BCUT2D eigenvalue weighted by molar-refractivity contribution is 5.97. The van der Waals surface area contributed by atoms with Gasteiger partial charge in [-0.15, -0.1) is 0 Å². The molecule has 40 heavy (non-hydrogen) atoms. The minimum atomic E-state index is -0.0837. The molecule has 0 unspecified atom stereocenters. The summed E-state index contributed by atoms with van der Waals surface area (Å²) < 4.78 is 2.19. The number of aromatic nitrogens is 2. The number of benzene rings is 3. The first-order valence-corrected chi connectivity index (χ1v) is 13.3. The topological polar surface area (TPSA) is 81.1 Å². The van der Waals surface area contributed by atoms with E-state index in [2.05, 4.69) is 71.6 Å². The number of aryl methyl sites for hydroxylation is 1. The molecule has 5 rings (SSSR count). The fraction of sp³-hybridized carbons (Fsp3) is 0.206. The lowest BCUT2D eigenvalue weighted by Crippen LogP contribution is -2.26. The molecule has 1 fully saturated rings. The van der Waals surface area contributed by atoms with Crippen LogP contribution in [0.4, 0.5) is 0 Å². The highest BCUT2D eigenvalue weighted by Gasteiger charge is 2.24. The van der Waals surface area contributed by atoms with Gasteiger partial charge in [0, 0.05) is 12.1 Å². The van der Waals surface area contributed by atoms with Gasteiger partial charge in [0.25, 0.3) is 5.91 Å². The summed E-state index contributed by atoms with van der Waals surface area (Å²) in [7, 11) is 0. The van der Waals surface area contributed by atoms with E-state index in [0.29, 0.717) is 18.0 Å². The van der Waals surface area contributed by atoms with Crippen LogP contribution in [0.15, 0.2) is 98.1 Å². The number of nitrogens with one attached hydrogen (secondary N) is 1. The number of carbonyl (C=O) groups is 1. The zero-order chi connectivity index (χ0) is 28.6. The van der Waals surface area contributed by atoms with E-state index in [1.165, 1.54) is 24.0 Å². The second-order valence-electron chi connectivity index (χ2n) is 9.93. The van der Waals surface area contributed by atoms with E-state index in [9.17, 15) is 4.79 Å². The van der Waals surface area contributed by atoms with Gasteiger partial charge >= 0.3 is 6.15 Å². The van der Waals surface area contributed by atoms with Gasteiger partial charge in [-0.2, -0.15) is 9.59 Å². The Morgan fingerprint density at radius 1 is 1.07 bits per heavy atom. The fourth-order valence-corrected chi connectivity index (χ4v) is 4.85. The molecule has 1 saturated carbocycles. The molecule has 0 spiro atoms. The van der Waals surface area contributed by atoms with Crippen LogP contribution in [0.3, 0.4) is 0 Å². The minimum absolute atomic E-state index is 0.0629. The van der Waals surface area contributed by atoms with E-state index in [4.69, 9.17) is 14.6 Å². The van der Waals surface area contributed by atoms with Gasteiger partial charge in [0.15, 0.2) is 0 Å². The maximum Gasteiger partial charge on any atom is 0.373 e. The lowest BCUT2D eigenvalue weighted by molar-refractivity contribution is -0.191. The summed E-state index contributed by atoms with van der Waals surface area (Å²) in [5.74, 6) is 1.53. The third-order valence-electron chi connectivity index (χ3n) is 7.15. The quantitative estimate of drug-likeness (QED) is 0.237. The van der Waals surface area contributed by atoms with Gasteiger partial charge in [-0.25, -0.2) is 4.98 Å². The molecule has 6 heteroatoms. The van der Waals surface area contributed by atoms with Crippen LogP contribution in [0.25, 0.3) is 16.6 Å². The molecule has 0 radical (unpaired) electrons.